The average Bonchev–Trinajstić information content (AvgIpc) is 2.92. The molecule has 6 heteroatoms. The predicted octanol–water partition coefficient (Wildman–Crippen LogP) is 2.89. The molecule has 1 fully saturated rings. The number of benzene rings is 1. The summed E-state index contributed by atoms with van der Waals surface area (Å²) >= 11 is 0. The van der Waals surface area contributed by atoms with Crippen LogP contribution in [0.25, 0.3) is 0 Å². The quantitative estimate of drug-likeness (QED) is 0.721. The van der Waals surface area contributed by atoms with Crippen LogP contribution in [-0.4, -0.2) is 29.1 Å². The van der Waals surface area contributed by atoms with E-state index in [0.717, 1.165) is 25.7 Å². The molecule has 0 saturated heterocycles. The Balaban J connectivity index is 1.71. The number of carbonyl (C=O) groups is 2. The maximum absolute atomic E-state index is 12.8. The lowest BCUT2D eigenvalue weighted by Gasteiger charge is -2.28. The van der Waals surface area contributed by atoms with Gasteiger partial charge < -0.3 is 15.2 Å². The Morgan fingerprint density at radius 2 is 1.87 bits per heavy atom. The van der Waals surface area contributed by atoms with Gasteiger partial charge in [-0.05, 0) is 43.5 Å². The predicted molar refractivity (Wildman–Crippen MR) is 82.7 cm³/mol. The Kier molecular flexibility index (Phi) is 5.96. The molecule has 1 aliphatic rings. The molecule has 0 bridgehead atoms. The molecule has 1 aliphatic carbocycles. The molecule has 23 heavy (non-hydrogen) atoms. The van der Waals surface area contributed by atoms with E-state index < -0.39 is 11.5 Å². The van der Waals surface area contributed by atoms with E-state index in [0.29, 0.717) is 18.8 Å². The number of ether oxygens (including phenoxy) is 1. The Labute approximate surface area is 134 Å². The van der Waals surface area contributed by atoms with Gasteiger partial charge in [-0.25, -0.2) is 4.39 Å². The van der Waals surface area contributed by atoms with E-state index in [1.807, 2.05) is 0 Å². The highest BCUT2D eigenvalue weighted by atomic mass is 19.1. The summed E-state index contributed by atoms with van der Waals surface area (Å²) in [5, 5.41) is 11.9. The van der Waals surface area contributed by atoms with Crippen molar-refractivity contribution in [2.75, 3.05) is 6.61 Å². The van der Waals surface area contributed by atoms with Crippen molar-refractivity contribution in [2.24, 2.45) is 0 Å². The fourth-order valence-corrected chi connectivity index (χ4v) is 3.00. The minimum atomic E-state index is -0.883. The normalized spacial score (nSPS) is 16.0. The second kappa shape index (κ2) is 7.94. The Morgan fingerprint density at radius 1 is 1.22 bits per heavy atom. The van der Waals surface area contributed by atoms with E-state index in [1.54, 1.807) is 0 Å². The van der Waals surface area contributed by atoms with Crippen LogP contribution in [0.2, 0.25) is 0 Å². The molecular formula is C17H22FNO4. The lowest BCUT2D eigenvalue weighted by molar-refractivity contribution is -0.139. The summed E-state index contributed by atoms with van der Waals surface area (Å²) in [5.74, 6) is -0.787. The molecule has 0 heterocycles. The number of carboxylic acids is 1. The van der Waals surface area contributed by atoms with Crippen LogP contribution in [0, 0.1) is 5.82 Å². The fraction of sp³-hybridized carbons (Fsp3) is 0.529. The molecule has 0 radical (unpaired) electrons. The number of hydrogen-bond acceptors (Lipinski definition) is 3. The monoisotopic (exact) mass is 323 g/mol. The minimum absolute atomic E-state index is 0.0230. The molecule has 0 spiro atoms. The van der Waals surface area contributed by atoms with Gasteiger partial charge in [0.2, 0.25) is 5.91 Å². The van der Waals surface area contributed by atoms with Crippen LogP contribution in [0.3, 0.4) is 0 Å². The number of rotatable bonds is 8. The third-order valence-electron chi connectivity index (χ3n) is 4.09. The van der Waals surface area contributed by atoms with Crippen LogP contribution in [0.4, 0.5) is 4.39 Å². The third kappa shape index (κ3) is 5.54. The zero-order chi connectivity index (χ0) is 16.7. The van der Waals surface area contributed by atoms with Gasteiger partial charge in [-0.2, -0.15) is 0 Å². The van der Waals surface area contributed by atoms with Crippen molar-refractivity contribution >= 4 is 11.9 Å². The van der Waals surface area contributed by atoms with Crippen molar-refractivity contribution in [3.05, 3.63) is 30.1 Å². The zero-order valence-electron chi connectivity index (χ0n) is 13.0. The van der Waals surface area contributed by atoms with Gasteiger partial charge in [0.05, 0.1) is 18.6 Å². The molecule has 1 aromatic rings. The van der Waals surface area contributed by atoms with Crippen LogP contribution >= 0.6 is 0 Å². The first-order valence-electron chi connectivity index (χ1n) is 7.90. The van der Waals surface area contributed by atoms with Crippen LogP contribution in [0.15, 0.2) is 24.3 Å². The first-order valence-corrected chi connectivity index (χ1v) is 7.90. The number of halogens is 1. The summed E-state index contributed by atoms with van der Waals surface area (Å²) in [6.07, 6.45) is 4.11. The number of carbonyl (C=O) groups excluding carboxylic acids is 1. The van der Waals surface area contributed by atoms with E-state index in [1.165, 1.54) is 24.3 Å². The maximum Gasteiger partial charge on any atom is 0.305 e. The molecular weight excluding hydrogens is 301 g/mol. The van der Waals surface area contributed by atoms with E-state index in [9.17, 15) is 14.0 Å². The molecule has 5 nitrogen and oxygen atoms in total. The molecule has 0 aliphatic heterocycles. The van der Waals surface area contributed by atoms with Gasteiger partial charge in [0.15, 0.2) is 0 Å². The number of nitrogens with one attached hydrogen (secondary N) is 1. The standard InChI is InChI=1S/C17H22FNO4/c18-13-5-7-14(8-6-13)23-11-3-4-15(20)19-17(12-16(21)22)9-1-2-10-17/h5-8H,1-4,9-12H2,(H,19,20)(H,21,22). The smallest absolute Gasteiger partial charge is 0.305 e. The molecule has 1 aromatic carbocycles. The topological polar surface area (TPSA) is 75.6 Å². The molecule has 1 amide bonds. The van der Waals surface area contributed by atoms with Gasteiger partial charge in [-0.1, -0.05) is 12.8 Å². The van der Waals surface area contributed by atoms with E-state index in [-0.39, 0.29) is 24.6 Å². The van der Waals surface area contributed by atoms with Gasteiger partial charge in [0.1, 0.15) is 11.6 Å². The number of carboxylic acid groups (broad SMARTS) is 1. The Bertz CT molecular complexity index is 538. The zero-order valence-corrected chi connectivity index (χ0v) is 13.0. The molecule has 2 N–H and O–H groups in total. The maximum atomic E-state index is 12.8. The van der Waals surface area contributed by atoms with Gasteiger partial charge in [-0.15, -0.1) is 0 Å². The number of amides is 1. The first-order chi connectivity index (χ1) is 11.0. The van der Waals surface area contributed by atoms with Crippen LogP contribution < -0.4 is 10.1 Å². The third-order valence-corrected chi connectivity index (χ3v) is 4.09. The van der Waals surface area contributed by atoms with Gasteiger partial charge in [-0.3, -0.25) is 9.59 Å². The summed E-state index contributed by atoms with van der Waals surface area (Å²) in [6.45, 7) is 0.352. The van der Waals surface area contributed by atoms with E-state index >= 15 is 0 Å². The molecule has 0 atom stereocenters. The van der Waals surface area contributed by atoms with Gasteiger partial charge >= 0.3 is 5.97 Å². The lowest BCUT2D eigenvalue weighted by atomic mass is 9.93. The van der Waals surface area contributed by atoms with E-state index in [2.05, 4.69) is 5.32 Å². The van der Waals surface area contributed by atoms with E-state index in [4.69, 9.17) is 9.84 Å². The van der Waals surface area contributed by atoms with Crippen molar-refractivity contribution in [2.45, 2.75) is 50.5 Å². The summed E-state index contributed by atoms with van der Waals surface area (Å²) < 4.78 is 18.2. The van der Waals surface area contributed by atoms with Crippen molar-refractivity contribution < 1.29 is 23.8 Å². The van der Waals surface area contributed by atoms with Crippen LogP contribution in [0.5, 0.6) is 5.75 Å². The highest BCUT2D eigenvalue weighted by Gasteiger charge is 2.37. The largest absolute Gasteiger partial charge is 0.494 e. The summed E-state index contributed by atoms with van der Waals surface area (Å²) in [4.78, 5) is 23.0. The summed E-state index contributed by atoms with van der Waals surface area (Å²) in [5.41, 5.74) is -0.583. The summed E-state index contributed by atoms with van der Waals surface area (Å²) in [7, 11) is 0. The Hall–Kier alpha value is -2.11. The molecule has 0 aromatic heterocycles. The molecule has 2 rings (SSSR count). The fourth-order valence-electron chi connectivity index (χ4n) is 3.00. The van der Waals surface area contributed by atoms with Crippen LogP contribution in [-0.2, 0) is 9.59 Å². The average molecular weight is 323 g/mol. The number of aliphatic carboxylic acids is 1. The molecule has 126 valence electrons. The van der Waals surface area contributed by atoms with Gasteiger partial charge in [0.25, 0.3) is 0 Å². The molecule has 0 unspecified atom stereocenters. The number of hydrogen-bond donors (Lipinski definition) is 2. The highest BCUT2D eigenvalue weighted by molar-refractivity contribution is 5.78. The second-order valence-corrected chi connectivity index (χ2v) is 6.01. The first kappa shape index (κ1) is 17.2. The van der Waals surface area contributed by atoms with Crippen molar-refractivity contribution in [1.82, 2.24) is 5.32 Å². The van der Waals surface area contributed by atoms with Crippen molar-refractivity contribution in [1.29, 1.82) is 0 Å². The van der Waals surface area contributed by atoms with Crippen molar-refractivity contribution in [3.8, 4) is 5.75 Å². The Morgan fingerprint density at radius 3 is 2.48 bits per heavy atom. The van der Waals surface area contributed by atoms with Gasteiger partial charge in [0, 0.05) is 6.42 Å². The van der Waals surface area contributed by atoms with Crippen molar-refractivity contribution in [3.63, 3.8) is 0 Å². The SMILES string of the molecule is O=C(O)CC1(NC(=O)CCCOc2ccc(F)cc2)CCCC1. The highest BCUT2D eigenvalue weighted by Crippen LogP contribution is 2.32. The van der Waals surface area contributed by atoms with Crippen LogP contribution in [0.1, 0.15) is 44.9 Å². The second-order valence-electron chi connectivity index (χ2n) is 6.01. The summed E-state index contributed by atoms with van der Waals surface area (Å²) in [6, 6.07) is 5.71. The molecule has 1 saturated carbocycles. The lowest BCUT2D eigenvalue weighted by Crippen LogP contribution is -2.47. The minimum Gasteiger partial charge on any atom is -0.494 e.